The molecule has 0 radical (unpaired) electrons. The van der Waals surface area contributed by atoms with E-state index in [9.17, 15) is 14.0 Å². The summed E-state index contributed by atoms with van der Waals surface area (Å²) in [5.74, 6) is -0.415. The van der Waals surface area contributed by atoms with Gasteiger partial charge in [-0.2, -0.15) is 0 Å². The van der Waals surface area contributed by atoms with Crippen LogP contribution in [0.25, 0.3) is 0 Å². The summed E-state index contributed by atoms with van der Waals surface area (Å²) in [7, 11) is 1.45. The van der Waals surface area contributed by atoms with E-state index in [1.54, 1.807) is 19.1 Å². The molecule has 126 valence electrons. The van der Waals surface area contributed by atoms with Gasteiger partial charge in [-0.1, -0.05) is 6.07 Å². The maximum absolute atomic E-state index is 14.1. The van der Waals surface area contributed by atoms with E-state index in [-0.39, 0.29) is 11.5 Å². The zero-order valence-corrected chi connectivity index (χ0v) is 13.3. The van der Waals surface area contributed by atoms with Gasteiger partial charge in [0.15, 0.2) is 0 Å². The Hall–Kier alpha value is -2.31. The topological polar surface area (TPSA) is 84.7 Å². The first-order valence-electron chi connectivity index (χ1n) is 7.64. The fraction of sp³-hybridized carbons (Fsp3) is 0.500. The van der Waals surface area contributed by atoms with Crippen molar-refractivity contribution in [3.8, 4) is 5.75 Å². The smallest absolute Gasteiger partial charge is 0.315 e. The number of primary amides is 1. The van der Waals surface area contributed by atoms with Crippen LogP contribution in [-0.4, -0.2) is 36.5 Å². The van der Waals surface area contributed by atoms with Gasteiger partial charge < -0.3 is 20.7 Å². The van der Waals surface area contributed by atoms with Crippen molar-refractivity contribution in [2.24, 2.45) is 5.73 Å². The number of rotatable bonds is 4. The van der Waals surface area contributed by atoms with E-state index >= 15 is 0 Å². The molecule has 0 spiro atoms. The summed E-state index contributed by atoms with van der Waals surface area (Å²) in [5.41, 5.74) is 5.62. The van der Waals surface area contributed by atoms with Crippen molar-refractivity contribution in [3.05, 3.63) is 29.6 Å². The molecule has 0 unspecified atom stereocenters. The molecule has 0 aliphatic carbocycles. The molecule has 0 bridgehead atoms. The highest BCUT2D eigenvalue weighted by Gasteiger charge is 2.32. The van der Waals surface area contributed by atoms with E-state index in [1.807, 2.05) is 0 Å². The number of carbonyl (C=O) groups excluding carboxylic acids is 2. The first-order chi connectivity index (χ1) is 11.0. The number of carbonyl (C=O) groups is 2. The summed E-state index contributed by atoms with van der Waals surface area (Å²) in [6.45, 7) is 2.14. The van der Waals surface area contributed by atoms with E-state index in [4.69, 9.17) is 10.5 Å². The molecule has 1 fully saturated rings. The molecular weight excluding hydrogens is 301 g/mol. The van der Waals surface area contributed by atoms with Crippen LogP contribution >= 0.6 is 0 Å². The summed E-state index contributed by atoms with van der Waals surface area (Å²) in [6, 6.07) is 2.69. The summed E-state index contributed by atoms with van der Waals surface area (Å²) < 4.78 is 19.2. The second-order valence-corrected chi connectivity index (χ2v) is 5.63. The van der Waals surface area contributed by atoms with Crippen molar-refractivity contribution >= 4 is 11.9 Å². The molecule has 2 rings (SSSR count). The standard InChI is InChI=1S/C16H22FN3O3/c1-10(14-11(17)6-5-8-13(14)23-2)19-15(21)12-7-3-4-9-20(12)16(18)22/h5-6,8,10,12H,3-4,7,9H2,1-2H3,(H2,18,22)(H,19,21)/t10-,12+/m1/s1. The van der Waals surface area contributed by atoms with Gasteiger partial charge in [0, 0.05) is 6.54 Å². The van der Waals surface area contributed by atoms with Crippen LogP contribution in [0, 0.1) is 5.82 Å². The first-order valence-corrected chi connectivity index (χ1v) is 7.64. The number of amides is 3. The van der Waals surface area contributed by atoms with Gasteiger partial charge in [0.05, 0.1) is 18.7 Å². The maximum atomic E-state index is 14.1. The second-order valence-electron chi connectivity index (χ2n) is 5.63. The number of nitrogens with one attached hydrogen (secondary N) is 1. The Bertz CT molecular complexity index is 594. The average molecular weight is 323 g/mol. The minimum atomic E-state index is -0.610. The first kappa shape index (κ1) is 17.1. The zero-order chi connectivity index (χ0) is 17.0. The lowest BCUT2D eigenvalue weighted by Crippen LogP contribution is -2.53. The highest BCUT2D eigenvalue weighted by molar-refractivity contribution is 5.87. The van der Waals surface area contributed by atoms with Gasteiger partial charge in [-0.25, -0.2) is 9.18 Å². The third-order valence-electron chi connectivity index (χ3n) is 4.11. The van der Waals surface area contributed by atoms with Gasteiger partial charge in [0.1, 0.15) is 17.6 Å². The number of methoxy groups -OCH3 is 1. The third-order valence-corrected chi connectivity index (χ3v) is 4.11. The molecule has 2 atom stereocenters. The normalized spacial score (nSPS) is 19.1. The van der Waals surface area contributed by atoms with Crippen molar-refractivity contribution < 1.29 is 18.7 Å². The minimum Gasteiger partial charge on any atom is -0.496 e. The van der Waals surface area contributed by atoms with Gasteiger partial charge in [-0.3, -0.25) is 4.79 Å². The van der Waals surface area contributed by atoms with Crippen LogP contribution < -0.4 is 15.8 Å². The molecule has 1 aromatic rings. The molecule has 7 heteroatoms. The van der Waals surface area contributed by atoms with Crippen LogP contribution in [0.5, 0.6) is 5.75 Å². The van der Waals surface area contributed by atoms with Crippen molar-refractivity contribution in [2.45, 2.75) is 38.3 Å². The number of hydrogen-bond acceptors (Lipinski definition) is 3. The van der Waals surface area contributed by atoms with Crippen molar-refractivity contribution in [1.82, 2.24) is 10.2 Å². The number of nitrogens with zero attached hydrogens (tertiary/aromatic N) is 1. The number of nitrogens with two attached hydrogens (primary N) is 1. The predicted octanol–water partition coefficient (Wildman–Crippen LogP) is 1.94. The summed E-state index contributed by atoms with van der Waals surface area (Å²) in [6.07, 6.45) is 2.22. The lowest BCUT2D eigenvalue weighted by molar-refractivity contribution is -0.127. The Morgan fingerprint density at radius 2 is 2.17 bits per heavy atom. The van der Waals surface area contributed by atoms with Crippen molar-refractivity contribution in [1.29, 1.82) is 0 Å². The fourth-order valence-electron chi connectivity index (χ4n) is 2.97. The van der Waals surface area contributed by atoms with E-state index in [2.05, 4.69) is 5.32 Å². The molecule has 1 heterocycles. The predicted molar refractivity (Wildman–Crippen MR) is 83.4 cm³/mol. The Kier molecular flexibility index (Phi) is 5.41. The van der Waals surface area contributed by atoms with Gasteiger partial charge in [0.2, 0.25) is 5.91 Å². The third kappa shape index (κ3) is 3.72. The monoisotopic (exact) mass is 323 g/mol. The van der Waals surface area contributed by atoms with Crippen LogP contribution in [0.15, 0.2) is 18.2 Å². The number of hydrogen-bond donors (Lipinski definition) is 2. The number of urea groups is 1. The van der Waals surface area contributed by atoms with Crippen LogP contribution in [0.4, 0.5) is 9.18 Å². The molecule has 1 aliphatic heterocycles. The second kappa shape index (κ2) is 7.30. The van der Waals surface area contributed by atoms with E-state index < -0.39 is 23.9 Å². The van der Waals surface area contributed by atoms with E-state index in [1.165, 1.54) is 18.1 Å². The van der Waals surface area contributed by atoms with Crippen molar-refractivity contribution in [2.75, 3.05) is 13.7 Å². The Labute approximate surface area is 134 Å². The Morgan fingerprint density at radius 3 is 2.83 bits per heavy atom. The quantitative estimate of drug-likeness (QED) is 0.888. The highest BCUT2D eigenvalue weighted by atomic mass is 19.1. The molecule has 1 aromatic carbocycles. The number of ether oxygens (including phenoxy) is 1. The van der Waals surface area contributed by atoms with Crippen LogP contribution in [-0.2, 0) is 4.79 Å². The minimum absolute atomic E-state index is 0.282. The molecule has 1 saturated heterocycles. The molecule has 6 nitrogen and oxygen atoms in total. The number of likely N-dealkylation sites (tertiary alicyclic amines) is 1. The zero-order valence-electron chi connectivity index (χ0n) is 13.3. The van der Waals surface area contributed by atoms with E-state index in [0.29, 0.717) is 18.7 Å². The SMILES string of the molecule is COc1cccc(F)c1[C@@H](C)NC(=O)[C@@H]1CCCCN1C(N)=O. The van der Waals surface area contributed by atoms with Gasteiger partial charge in [-0.05, 0) is 38.3 Å². The molecule has 0 aromatic heterocycles. The summed E-state index contributed by atoms with van der Waals surface area (Å²) in [4.78, 5) is 25.3. The largest absolute Gasteiger partial charge is 0.496 e. The van der Waals surface area contributed by atoms with Gasteiger partial charge >= 0.3 is 6.03 Å². The number of halogens is 1. The van der Waals surface area contributed by atoms with Crippen LogP contribution in [0.1, 0.15) is 37.8 Å². The van der Waals surface area contributed by atoms with Crippen LogP contribution in [0.2, 0.25) is 0 Å². The lowest BCUT2D eigenvalue weighted by atomic mass is 10.0. The average Bonchev–Trinajstić information content (AvgIpc) is 2.54. The molecular formula is C16H22FN3O3. The highest BCUT2D eigenvalue weighted by Crippen LogP contribution is 2.28. The van der Waals surface area contributed by atoms with Gasteiger partial charge in [0.25, 0.3) is 0 Å². The molecule has 0 saturated carbocycles. The van der Waals surface area contributed by atoms with Gasteiger partial charge in [-0.15, -0.1) is 0 Å². The number of benzene rings is 1. The Balaban J connectivity index is 2.15. The van der Waals surface area contributed by atoms with E-state index in [0.717, 1.165) is 12.8 Å². The Morgan fingerprint density at radius 1 is 1.43 bits per heavy atom. The molecule has 3 N–H and O–H groups in total. The molecule has 23 heavy (non-hydrogen) atoms. The summed E-state index contributed by atoms with van der Waals surface area (Å²) in [5, 5.41) is 2.76. The maximum Gasteiger partial charge on any atom is 0.315 e. The molecule has 1 aliphatic rings. The number of piperidine rings is 1. The lowest BCUT2D eigenvalue weighted by Gasteiger charge is -2.34. The van der Waals surface area contributed by atoms with Crippen LogP contribution in [0.3, 0.4) is 0 Å². The molecule has 3 amide bonds. The fourth-order valence-corrected chi connectivity index (χ4v) is 2.97. The van der Waals surface area contributed by atoms with Crippen molar-refractivity contribution in [3.63, 3.8) is 0 Å². The summed E-state index contributed by atoms with van der Waals surface area (Å²) >= 11 is 0.